The Bertz CT molecular complexity index is 5440. The molecular weight excluding hydrogens is 967 g/mol. The normalized spacial score (nSPS) is 12.0. The van der Waals surface area contributed by atoms with E-state index in [1.54, 1.807) is 0 Å². The quantitative estimate of drug-likeness (QED) is 0.166. The van der Waals surface area contributed by atoms with Gasteiger partial charge in [-0.15, -0.1) is 0 Å². The van der Waals surface area contributed by atoms with Crippen molar-refractivity contribution in [2.24, 2.45) is 0 Å². The van der Waals surface area contributed by atoms with Crippen LogP contribution in [0.3, 0.4) is 0 Å². The first-order chi connectivity index (χ1) is 39.2. The van der Waals surface area contributed by atoms with Gasteiger partial charge in [-0.25, -0.2) is 4.98 Å². The molecule has 8 nitrogen and oxygen atoms in total. The summed E-state index contributed by atoms with van der Waals surface area (Å²) in [4.78, 5) is 10.7. The van der Waals surface area contributed by atoms with Gasteiger partial charge in [-0.05, 0) is 84.9 Å². The van der Waals surface area contributed by atoms with Crippen molar-refractivity contribution >= 4 is 109 Å². The average Bonchev–Trinajstić information content (AvgIpc) is 4.51. The zero-order valence-electron chi connectivity index (χ0n) is 42.2. The maximum Gasteiger partial charge on any atom is 0.231 e. The lowest BCUT2D eigenvalue weighted by Gasteiger charge is -2.19. The van der Waals surface area contributed by atoms with Crippen LogP contribution >= 0.6 is 0 Å². The number of aromatic nitrogens is 6. The van der Waals surface area contributed by atoms with Gasteiger partial charge in [-0.3, -0.25) is 0 Å². The summed E-state index contributed by atoms with van der Waals surface area (Å²) in [5.41, 5.74) is 16.0. The molecule has 6 aromatic heterocycles. The van der Waals surface area contributed by atoms with Gasteiger partial charge in [0, 0.05) is 71.0 Å². The van der Waals surface area contributed by atoms with Crippen LogP contribution < -0.4 is 0 Å². The third kappa shape index (κ3) is 6.12. The summed E-state index contributed by atoms with van der Waals surface area (Å²) >= 11 is 0. The summed E-state index contributed by atoms with van der Waals surface area (Å²) < 4.78 is 16.1. The molecule has 0 aliphatic carbocycles. The Balaban J connectivity index is 1.05. The first kappa shape index (κ1) is 43.3. The first-order valence-electron chi connectivity index (χ1n) is 26.5. The van der Waals surface area contributed by atoms with Gasteiger partial charge in [-0.2, -0.15) is 10.2 Å². The summed E-state index contributed by atoms with van der Waals surface area (Å²) in [6.07, 6.45) is 0. The van der Waals surface area contributed by atoms with Crippen molar-refractivity contribution in [1.82, 2.24) is 28.2 Å². The Kier molecular flexibility index (Phi) is 9.03. The van der Waals surface area contributed by atoms with Crippen LogP contribution in [0.25, 0.3) is 155 Å². The number of benzene rings is 11. The van der Waals surface area contributed by atoms with Crippen molar-refractivity contribution in [2.45, 2.75) is 0 Å². The van der Waals surface area contributed by atoms with Crippen LogP contribution in [-0.4, -0.2) is 28.2 Å². The summed E-state index contributed by atoms with van der Waals surface area (Å²) in [6, 6.07) is 90.3. The fourth-order valence-electron chi connectivity index (χ4n) is 12.9. The molecule has 0 bridgehead atoms. The average molecular weight is 1010 g/mol. The monoisotopic (exact) mass is 1010 g/mol. The molecule has 0 aliphatic heterocycles. The number of nitrogens with zero attached hydrogens (tertiary/aromatic N) is 7. The van der Waals surface area contributed by atoms with E-state index in [0.717, 1.165) is 126 Å². The molecule has 0 atom stereocenters. The molecule has 0 radical (unpaired) electrons. The molecule has 6 heterocycles. The predicted molar refractivity (Wildman–Crippen MR) is 322 cm³/mol. The van der Waals surface area contributed by atoms with Gasteiger partial charge < -0.3 is 22.7 Å². The van der Waals surface area contributed by atoms with E-state index >= 15 is 0 Å². The van der Waals surface area contributed by atoms with Crippen molar-refractivity contribution in [3.8, 4) is 51.5 Å². The molecule has 0 saturated heterocycles. The highest BCUT2D eigenvalue weighted by atomic mass is 16.3. The van der Waals surface area contributed by atoms with E-state index in [2.05, 4.69) is 225 Å². The van der Waals surface area contributed by atoms with Crippen LogP contribution in [0.2, 0.25) is 0 Å². The molecule has 366 valence electrons. The van der Waals surface area contributed by atoms with E-state index in [1.165, 1.54) is 5.39 Å². The van der Waals surface area contributed by atoms with Crippen LogP contribution in [0.1, 0.15) is 5.56 Å². The van der Waals surface area contributed by atoms with Crippen molar-refractivity contribution in [1.29, 1.82) is 5.26 Å². The van der Waals surface area contributed by atoms with E-state index in [9.17, 15) is 5.26 Å². The fraction of sp³-hybridized carbons (Fsp3) is 0. The third-order valence-corrected chi connectivity index (χ3v) is 16.2. The van der Waals surface area contributed by atoms with E-state index < -0.39 is 0 Å². The van der Waals surface area contributed by atoms with Crippen molar-refractivity contribution in [3.63, 3.8) is 0 Å². The standard InChI is InChI=1S/C71H41N7O/c72-42-55-61(77-59-34-18-13-29-51(59)66-60(77)37-36-50-47-26-10-16-32-57(47)76(69(50)66)46-24-8-3-9-25-46)38-44(68-67-52-30-14-19-35-65(52)79-71(67)74-70(73-68)43-20-4-1-5-21-43)39-62(55)78-58-33-17-12-28-49(58)54-40-63-53(41-64(54)78)48-27-11-15-31-56(48)75(63)45-22-6-2-7-23-45/h1-41H. The molecule has 0 aliphatic rings. The first-order valence-corrected chi connectivity index (χ1v) is 26.5. The number of furan rings is 1. The van der Waals surface area contributed by atoms with Gasteiger partial charge in [0.1, 0.15) is 17.2 Å². The molecule has 0 amide bonds. The highest BCUT2D eigenvalue weighted by molar-refractivity contribution is 6.26. The molecule has 17 aromatic rings. The summed E-state index contributed by atoms with van der Waals surface area (Å²) in [6.45, 7) is 0. The second-order valence-electron chi connectivity index (χ2n) is 20.4. The minimum Gasteiger partial charge on any atom is -0.438 e. The molecule has 17 rings (SSSR count). The largest absolute Gasteiger partial charge is 0.438 e. The van der Waals surface area contributed by atoms with E-state index in [4.69, 9.17) is 14.4 Å². The zero-order chi connectivity index (χ0) is 51.9. The Labute approximate surface area is 450 Å². The van der Waals surface area contributed by atoms with Crippen molar-refractivity contribution < 1.29 is 4.42 Å². The minimum atomic E-state index is 0.486. The summed E-state index contributed by atoms with van der Waals surface area (Å²) in [5.74, 6) is 0.539. The molecule has 0 saturated carbocycles. The van der Waals surface area contributed by atoms with Crippen LogP contribution in [0.15, 0.2) is 253 Å². The SMILES string of the molecule is N#Cc1c(-n2c3ccccc3c3cc4c(cc32)c2ccccc2n4-c2ccccc2)cc(-c2nc(-c3ccccc3)nc3oc4ccccc4c23)cc1-n1c2ccccc2c2c1ccc1c3ccccc3n(-c3ccccc3)c12. The second-order valence-corrected chi connectivity index (χ2v) is 20.4. The molecule has 79 heavy (non-hydrogen) atoms. The summed E-state index contributed by atoms with van der Waals surface area (Å²) in [5, 5.41) is 22.8. The highest BCUT2D eigenvalue weighted by Gasteiger charge is 2.28. The third-order valence-electron chi connectivity index (χ3n) is 16.2. The maximum absolute atomic E-state index is 12.2. The van der Waals surface area contributed by atoms with Crippen LogP contribution in [-0.2, 0) is 0 Å². The number of fused-ring (bicyclic) bond motifs is 16. The highest BCUT2D eigenvalue weighted by Crippen LogP contribution is 2.47. The smallest absolute Gasteiger partial charge is 0.231 e. The van der Waals surface area contributed by atoms with E-state index in [0.29, 0.717) is 28.4 Å². The second kappa shape index (κ2) is 16.5. The van der Waals surface area contributed by atoms with Crippen LogP contribution in [0.4, 0.5) is 0 Å². The van der Waals surface area contributed by atoms with Gasteiger partial charge >= 0.3 is 0 Å². The Morgan fingerprint density at radius 3 is 1.46 bits per heavy atom. The van der Waals surface area contributed by atoms with Crippen LogP contribution in [0.5, 0.6) is 0 Å². The molecule has 0 N–H and O–H groups in total. The number of para-hydroxylation sites is 7. The predicted octanol–water partition coefficient (Wildman–Crippen LogP) is 18.0. The van der Waals surface area contributed by atoms with Gasteiger partial charge in [0.05, 0.1) is 66.6 Å². The fourth-order valence-corrected chi connectivity index (χ4v) is 12.9. The molecule has 0 spiro atoms. The minimum absolute atomic E-state index is 0.486. The van der Waals surface area contributed by atoms with Gasteiger partial charge in [0.15, 0.2) is 5.82 Å². The molecule has 0 fully saturated rings. The van der Waals surface area contributed by atoms with E-state index in [-0.39, 0.29) is 0 Å². The Morgan fingerprint density at radius 2 is 0.823 bits per heavy atom. The number of rotatable bonds is 6. The summed E-state index contributed by atoms with van der Waals surface area (Å²) in [7, 11) is 0. The van der Waals surface area contributed by atoms with Crippen LogP contribution in [0, 0.1) is 11.3 Å². The molecular formula is C71H41N7O. The molecule has 0 unspecified atom stereocenters. The topological polar surface area (TPSA) is 82.4 Å². The zero-order valence-corrected chi connectivity index (χ0v) is 42.2. The Morgan fingerprint density at radius 1 is 0.342 bits per heavy atom. The van der Waals surface area contributed by atoms with E-state index in [1.807, 2.05) is 48.5 Å². The lowest BCUT2D eigenvalue weighted by molar-refractivity contribution is 0.653. The Hall–Kier alpha value is -11.0. The van der Waals surface area contributed by atoms with Crippen molar-refractivity contribution in [3.05, 3.63) is 254 Å². The van der Waals surface area contributed by atoms with Gasteiger partial charge in [0.25, 0.3) is 0 Å². The maximum atomic E-state index is 12.2. The molecule has 11 aromatic carbocycles. The molecule has 8 heteroatoms. The van der Waals surface area contributed by atoms with Gasteiger partial charge in [-0.1, -0.05) is 164 Å². The number of hydrogen-bond acceptors (Lipinski definition) is 4. The van der Waals surface area contributed by atoms with Gasteiger partial charge in [0.2, 0.25) is 5.71 Å². The number of nitriles is 1. The number of hydrogen-bond donors (Lipinski definition) is 0. The lowest BCUT2D eigenvalue weighted by atomic mass is 10.00. The van der Waals surface area contributed by atoms with Crippen molar-refractivity contribution in [2.75, 3.05) is 0 Å². The lowest BCUT2D eigenvalue weighted by Crippen LogP contribution is -2.06.